The smallest absolute Gasteiger partial charge is 0.407 e. The summed E-state index contributed by atoms with van der Waals surface area (Å²) in [5.74, 6) is 0. The molecular formula is C7H11NO3. The Hall–Kier alpha value is -0.770. The van der Waals surface area contributed by atoms with Crippen molar-refractivity contribution in [1.29, 1.82) is 0 Å². The van der Waals surface area contributed by atoms with Crippen LogP contribution in [0.3, 0.4) is 0 Å². The first kappa shape index (κ1) is 6.91. The van der Waals surface area contributed by atoms with Crippen LogP contribution >= 0.6 is 0 Å². The summed E-state index contributed by atoms with van der Waals surface area (Å²) in [7, 11) is 0. The lowest BCUT2D eigenvalue weighted by Gasteiger charge is -2.31. The first-order valence-corrected chi connectivity index (χ1v) is 3.85. The maximum absolute atomic E-state index is 10.8. The molecule has 62 valence electrons. The number of carbonyl (C=O) groups is 1. The van der Waals surface area contributed by atoms with Gasteiger partial charge in [-0.05, 0) is 0 Å². The number of rotatable bonds is 0. The summed E-state index contributed by atoms with van der Waals surface area (Å²) in [4.78, 5) is 10.8. The maximum atomic E-state index is 10.8. The Morgan fingerprint density at radius 2 is 2.36 bits per heavy atom. The van der Waals surface area contributed by atoms with Crippen molar-refractivity contribution in [2.24, 2.45) is 0 Å². The Kier molecular flexibility index (Phi) is 1.49. The zero-order valence-electron chi connectivity index (χ0n) is 6.26. The monoisotopic (exact) mass is 157 g/mol. The average Bonchev–Trinajstić information content (AvgIpc) is 2.37. The van der Waals surface area contributed by atoms with Gasteiger partial charge in [0.1, 0.15) is 5.60 Å². The maximum Gasteiger partial charge on any atom is 0.407 e. The summed E-state index contributed by atoms with van der Waals surface area (Å²) in [6, 6.07) is 0. The molecule has 4 heteroatoms. The van der Waals surface area contributed by atoms with E-state index in [9.17, 15) is 4.79 Å². The summed E-state index contributed by atoms with van der Waals surface area (Å²) in [6.45, 7) is 2.00. The van der Waals surface area contributed by atoms with Gasteiger partial charge in [0.05, 0.1) is 13.2 Å². The molecule has 0 aromatic heterocycles. The minimum absolute atomic E-state index is 0.289. The van der Waals surface area contributed by atoms with E-state index in [1.807, 2.05) is 0 Å². The predicted molar refractivity (Wildman–Crippen MR) is 37.3 cm³/mol. The molecule has 2 aliphatic heterocycles. The number of ether oxygens (including phenoxy) is 2. The minimum Gasteiger partial charge on any atom is -0.440 e. The number of nitrogens with one attached hydrogen (secondary N) is 1. The van der Waals surface area contributed by atoms with Crippen molar-refractivity contribution in [2.75, 3.05) is 19.8 Å². The van der Waals surface area contributed by atoms with Crippen LogP contribution in [0.4, 0.5) is 4.79 Å². The van der Waals surface area contributed by atoms with Crippen LogP contribution in [0.2, 0.25) is 0 Å². The van der Waals surface area contributed by atoms with Crippen LogP contribution in [-0.2, 0) is 9.47 Å². The molecule has 0 aromatic carbocycles. The number of alkyl carbamates (subject to hydrolysis) is 1. The summed E-state index contributed by atoms with van der Waals surface area (Å²) >= 11 is 0. The highest BCUT2D eigenvalue weighted by atomic mass is 16.6. The van der Waals surface area contributed by atoms with Gasteiger partial charge >= 0.3 is 6.09 Å². The molecule has 1 unspecified atom stereocenters. The molecular weight excluding hydrogens is 146 g/mol. The molecule has 1 spiro atoms. The highest BCUT2D eigenvalue weighted by molar-refractivity contribution is 5.68. The van der Waals surface area contributed by atoms with E-state index in [4.69, 9.17) is 9.47 Å². The van der Waals surface area contributed by atoms with Crippen molar-refractivity contribution >= 4 is 6.09 Å². The number of carbonyl (C=O) groups excluding carboxylic acids is 1. The zero-order chi connectivity index (χ0) is 7.73. The zero-order valence-corrected chi connectivity index (χ0v) is 6.26. The molecule has 0 saturated carbocycles. The summed E-state index contributed by atoms with van der Waals surface area (Å²) in [5, 5.41) is 2.62. The Labute approximate surface area is 64.9 Å². The van der Waals surface area contributed by atoms with Crippen molar-refractivity contribution in [1.82, 2.24) is 5.32 Å². The molecule has 0 bridgehead atoms. The number of hydrogen-bond donors (Lipinski definition) is 1. The fraction of sp³-hybridized carbons (Fsp3) is 0.857. The Bertz CT molecular complexity index is 175. The Balaban J connectivity index is 2.05. The van der Waals surface area contributed by atoms with Crippen LogP contribution in [0, 0.1) is 0 Å². The second-order valence-corrected chi connectivity index (χ2v) is 3.05. The Morgan fingerprint density at radius 3 is 3.00 bits per heavy atom. The van der Waals surface area contributed by atoms with Gasteiger partial charge in [0.25, 0.3) is 0 Å². The normalized spacial score (nSPS) is 36.9. The summed E-state index contributed by atoms with van der Waals surface area (Å²) < 4.78 is 10.3. The van der Waals surface area contributed by atoms with Crippen molar-refractivity contribution in [2.45, 2.75) is 18.4 Å². The van der Waals surface area contributed by atoms with Crippen LogP contribution in [-0.4, -0.2) is 31.5 Å². The molecule has 2 saturated heterocycles. The summed E-state index contributed by atoms with van der Waals surface area (Å²) in [5.41, 5.74) is -0.289. The molecule has 0 aromatic rings. The third kappa shape index (κ3) is 1.18. The average molecular weight is 157 g/mol. The van der Waals surface area contributed by atoms with Crippen LogP contribution in [0.1, 0.15) is 12.8 Å². The minimum atomic E-state index is -0.304. The van der Waals surface area contributed by atoms with Gasteiger partial charge in [-0.1, -0.05) is 0 Å². The van der Waals surface area contributed by atoms with E-state index in [0.29, 0.717) is 19.8 Å². The fourth-order valence-electron chi connectivity index (χ4n) is 1.54. The third-order valence-corrected chi connectivity index (χ3v) is 2.23. The SMILES string of the molecule is O=C1NCCC2(CCOC2)O1. The number of hydrogen-bond acceptors (Lipinski definition) is 3. The molecule has 0 aliphatic carbocycles. The van der Waals surface area contributed by atoms with Crippen LogP contribution in [0.5, 0.6) is 0 Å². The predicted octanol–water partition coefficient (Wildman–Crippen LogP) is 0.275. The molecule has 11 heavy (non-hydrogen) atoms. The molecule has 2 heterocycles. The van der Waals surface area contributed by atoms with Crippen molar-refractivity contribution in [3.05, 3.63) is 0 Å². The standard InChI is InChI=1S/C7H11NO3/c9-6-8-3-1-7(11-6)2-4-10-5-7/h1-5H2,(H,8,9). The quantitative estimate of drug-likeness (QED) is 0.549. The van der Waals surface area contributed by atoms with Crippen molar-refractivity contribution in [3.8, 4) is 0 Å². The van der Waals surface area contributed by atoms with Gasteiger partial charge in [-0.25, -0.2) is 4.79 Å². The van der Waals surface area contributed by atoms with Crippen LogP contribution in [0.25, 0.3) is 0 Å². The molecule has 1 amide bonds. The van der Waals surface area contributed by atoms with Gasteiger partial charge in [-0.15, -0.1) is 0 Å². The van der Waals surface area contributed by atoms with Crippen LogP contribution < -0.4 is 5.32 Å². The van der Waals surface area contributed by atoms with E-state index >= 15 is 0 Å². The van der Waals surface area contributed by atoms with E-state index in [0.717, 1.165) is 12.8 Å². The van der Waals surface area contributed by atoms with Gasteiger partial charge in [-0.2, -0.15) is 0 Å². The second-order valence-electron chi connectivity index (χ2n) is 3.05. The van der Waals surface area contributed by atoms with E-state index in [1.54, 1.807) is 0 Å². The van der Waals surface area contributed by atoms with E-state index < -0.39 is 0 Å². The van der Waals surface area contributed by atoms with E-state index in [1.165, 1.54) is 0 Å². The molecule has 1 N–H and O–H groups in total. The molecule has 2 rings (SSSR count). The van der Waals surface area contributed by atoms with Gasteiger partial charge < -0.3 is 14.8 Å². The lowest BCUT2D eigenvalue weighted by molar-refractivity contribution is -0.0183. The van der Waals surface area contributed by atoms with Crippen molar-refractivity contribution in [3.63, 3.8) is 0 Å². The molecule has 2 fully saturated rings. The third-order valence-electron chi connectivity index (χ3n) is 2.23. The molecule has 1 atom stereocenters. The molecule has 4 nitrogen and oxygen atoms in total. The topological polar surface area (TPSA) is 47.6 Å². The second kappa shape index (κ2) is 2.37. The van der Waals surface area contributed by atoms with Crippen LogP contribution in [0.15, 0.2) is 0 Å². The number of amides is 1. The molecule has 2 aliphatic rings. The lowest BCUT2D eigenvalue weighted by atomic mass is 9.98. The largest absolute Gasteiger partial charge is 0.440 e. The first-order chi connectivity index (χ1) is 5.31. The van der Waals surface area contributed by atoms with Gasteiger partial charge in [0, 0.05) is 19.4 Å². The first-order valence-electron chi connectivity index (χ1n) is 3.85. The Morgan fingerprint density at radius 1 is 1.45 bits per heavy atom. The lowest BCUT2D eigenvalue weighted by Crippen LogP contribution is -2.47. The highest BCUT2D eigenvalue weighted by Crippen LogP contribution is 2.28. The van der Waals surface area contributed by atoms with Gasteiger partial charge in [-0.3, -0.25) is 0 Å². The fourth-order valence-corrected chi connectivity index (χ4v) is 1.54. The van der Waals surface area contributed by atoms with E-state index in [-0.39, 0.29) is 11.7 Å². The summed E-state index contributed by atoms with van der Waals surface area (Å²) in [6.07, 6.45) is 1.42. The highest BCUT2D eigenvalue weighted by Gasteiger charge is 2.40. The van der Waals surface area contributed by atoms with E-state index in [2.05, 4.69) is 5.32 Å². The van der Waals surface area contributed by atoms with Gasteiger partial charge in [0.2, 0.25) is 0 Å². The molecule has 0 radical (unpaired) electrons. The van der Waals surface area contributed by atoms with Crippen molar-refractivity contribution < 1.29 is 14.3 Å². The van der Waals surface area contributed by atoms with Gasteiger partial charge in [0.15, 0.2) is 0 Å².